The number of halogens is 1. The summed E-state index contributed by atoms with van der Waals surface area (Å²) in [4.78, 5) is 28.7. The van der Waals surface area contributed by atoms with Crippen LogP contribution in [0.4, 0.5) is 0 Å². The van der Waals surface area contributed by atoms with Crippen molar-refractivity contribution in [3.63, 3.8) is 0 Å². The number of aromatic nitrogens is 1. The molecule has 0 aliphatic rings. The fourth-order valence-corrected chi connectivity index (χ4v) is 4.31. The van der Waals surface area contributed by atoms with E-state index in [2.05, 4.69) is 4.98 Å². The first-order valence-corrected chi connectivity index (χ1v) is 10.7. The average molecular weight is 452 g/mol. The Morgan fingerprint density at radius 1 is 1.06 bits per heavy atom. The molecule has 0 amide bonds. The Kier molecular flexibility index (Phi) is 6.30. The van der Waals surface area contributed by atoms with Crippen molar-refractivity contribution in [2.75, 3.05) is 7.11 Å². The summed E-state index contributed by atoms with van der Waals surface area (Å²) in [6.45, 7) is 0.0739. The SMILES string of the molecule is COC(=O)c1cccc(-c2nc(COC(=O)Cc3cc(Cl)cc4ccccc34)cs2)c1. The molecule has 3 aromatic carbocycles. The number of hydrogen-bond acceptors (Lipinski definition) is 6. The lowest BCUT2D eigenvalue weighted by molar-refractivity contribution is -0.144. The highest BCUT2D eigenvalue weighted by Crippen LogP contribution is 2.26. The molecule has 0 radical (unpaired) electrons. The molecule has 4 rings (SSSR count). The van der Waals surface area contributed by atoms with E-state index in [1.807, 2.05) is 41.8 Å². The highest BCUT2D eigenvalue weighted by Gasteiger charge is 2.13. The van der Waals surface area contributed by atoms with Crippen LogP contribution in [0.3, 0.4) is 0 Å². The third-order valence-corrected chi connectivity index (χ3v) is 5.87. The van der Waals surface area contributed by atoms with Crippen molar-refractivity contribution in [2.24, 2.45) is 0 Å². The van der Waals surface area contributed by atoms with E-state index in [1.54, 1.807) is 24.3 Å². The first-order valence-electron chi connectivity index (χ1n) is 9.49. The van der Waals surface area contributed by atoms with E-state index in [0.29, 0.717) is 16.3 Å². The molecule has 0 saturated carbocycles. The molecule has 0 saturated heterocycles. The minimum Gasteiger partial charge on any atom is -0.465 e. The van der Waals surface area contributed by atoms with Gasteiger partial charge in [-0.1, -0.05) is 48.0 Å². The van der Waals surface area contributed by atoms with Crippen LogP contribution >= 0.6 is 22.9 Å². The number of nitrogens with zero attached hydrogens (tertiary/aromatic N) is 1. The van der Waals surface area contributed by atoms with Crippen LogP contribution in [0.25, 0.3) is 21.3 Å². The van der Waals surface area contributed by atoms with Gasteiger partial charge in [-0.2, -0.15) is 0 Å². The zero-order valence-electron chi connectivity index (χ0n) is 16.6. The summed E-state index contributed by atoms with van der Waals surface area (Å²) in [7, 11) is 1.34. The molecule has 156 valence electrons. The van der Waals surface area contributed by atoms with Crippen molar-refractivity contribution in [1.29, 1.82) is 0 Å². The van der Waals surface area contributed by atoms with Crippen LogP contribution in [0.2, 0.25) is 5.02 Å². The van der Waals surface area contributed by atoms with E-state index in [1.165, 1.54) is 18.4 Å². The second-order valence-corrected chi connectivity index (χ2v) is 8.13. The Bertz CT molecular complexity index is 1270. The summed E-state index contributed by atoms with van der Waals surface area (Å²) in [5.41, 5.74) is 2.73. The van der Waals surface area contributed by atoms with Crippen LogP contribution in [-0.4, -0.2) is 24.0 Å². The van der Waals surface area contributed by atoms with Crippen LogP contribution in [0.5, 0.6) is 0 Å². The lowest BCUT2D eigenvalue weighted by Gasteiger charge is -2.08. The van der Waals surface area contributed by atoms with Crippen LogP contribution in [-0.2, 0) is 27.3 Å². The van der Waals surface area contributed by atoms with Crippen LogP contribution in [0.1, 0.15) is 21.6 Å². The molecule has 0 aliphatic carbocycles. The molecule has 0 spiro atoms. The van der Waals surface area contributed by atoms with E-state index >= 15 is 0 Å². The molecular weight excluding hydrogens is 434 g/mol. The molecule has 1 aromatic heterocycles. The number of thiazole rings is 1. The van der Waals surface area contributed by atoms with Crippen molar-refractivity contribution in [3.05, 3.63) is 87.9 Å². The first-order chi connectivity index (χ1) is 15.0. The maximum Gasteiger partial charge on any atom is 0.337 e. The summed E-state index contributed by atoms with van der Waals surface area (Å²) in [6.07, 6.45) is 0.124. The van der Waals surface area contributed by atoms with Gasteiger partial charge in [0.05, 0.1) is 24.8 Å². The molecule has 0 bridgehead atoms. The van der Waals surface area contributed by atoms with Crippen molar-refractivity contribution < 1.29 is 19.1 Å². The topological polar surface area (TPSA) is 65.5 Å². The van der Waals surface area contributed by atoms with Crippen LogP contribution in [0.15, 0.2) is 66.0 Å². The van der Waals surface area contributed by atoms with E-state index in [4.69, 9.17) is 21.1 Å². The molecule has 0 aliphatic heterocycles. The maximum atomic E-state index is 12.4. The maximum absolute atomic E-state index is 12.4. The first kappa shape index (κ1) is 21.0. The number of benzene rings is 3. The summed E-state index contributed by atoms with van der Waals surface area (Å²) in [5.74, 6) is -0.754. The highest BCUT2D eigenvalue weighted by atomic mass is 35.5. The molecule has 7 heteroatoms. The van der Waals surface area contributed by atoms with Gasteiger partial charge in [-0.25, -0.2) is 9.78 Å². The van der Waals surface area contributed by atoms with Gasteiger partial charge >= 0.3 is 11.9 Å². The predicted molar refractivity (Wildman–Crippen MR) is 121 cm³/mol. The van der Waals surface area contributed by atoms with Gasteiger partial charge in [0.2, 0.25) is 0 Å². The van der Waals surface area contributed by atoms with Gasteiger partial charge in [0.25, 0.3) is 0 Å². The Hall–Kier alpha value is -3.22. The van der Waals surface area contributed by atoms with Gasteiger partial charge in [0, 0.05) is 16.0 Å². The van der Waals surface area contributed by atoms with E-state index in [0.717, 1.165) is 26.9 Å². The Labute approximate surface area is 188 Å². The standard InChI is InChI=1S/C24H18ClNO4S/c1-29-24(28)17-7-4-6-16(9-17)23-26-20(14-31-23)13-30-22(27)12-18-11-19(25)10-15-5-2-3-8-21(15)18/h2-11,14H,12-13H2,1H3. The minimum absolute atomic E-state index is 0.0739. The summed E-state index contributed by atoms with van der Waals surface area (Å²) >= 11 is 7.61. The third kappa shape index (κ3) is 4.93. The largest absolute Gasteiger partial charge is 0.465 e. The fourth-order valence-electron chi connectivity index (χ4n) is 3.26. The van der Waals surface area contributed by atoms with E-state index < -0.39 is 5.97 Å². The summed E-state index contributed by atoms with van der Waals surface area (Å²) < 4.78 is 10.2. The molecule has 0 N–H and O–H groups in total. The quantitative estimate of drug-likeness (QED) is 0.352. The van der Waals surface area contributed by atoms with Gasteiger partial charge in [-0.05, 0) is 40.6 Å². The number of esters is 2. The zero-order valence-corrected chi connectivity index (χ0v) is 18.2. The Morgan fingerprint density at radius 3 is 2.74 bits per heavy atom. The number of rotatable bonds is 6. The van der Waals surface area contributed by atoms with E-state index in [9.17, 15) is 9.59 Å². The van der Waals surface area contributed by atoms with Crippen molar-refractivity contribution in [1.82, 2.24) is 4.98 Å². The van der Waals surface area contributed by atoms with Crippen LogP contribution < -0.4 is 0 Å². The Balaban J connectivity index is 1.43. The monoisotopic (exact) mass is 451 g/mol. The number of ether oxygens (including phenoxy) is 2. The smallest absolute Gasteiger partial charge is 0.337 e. The number of methoxy groups -OCH3 is 1. The van der Waals surface area contributed by atoms with Crippen molar-refractivity contribution in [3.8, 4) is 10.6 Å². The lowest BCUT2D eigenvalue weighted by atomic mass is 10.0. The second-order valence-electron chi connectivity index (χ2n) is 6.84. The van der Waals surface area contributed by atoms with Crippen molar-refractivity contribution in [2.45, 2.75) is 13.0 Å². The average Bonchev–Trinajstić information content (AvgIpc) is 3.26. The van der Waals surface area contributed by atoms with Crippen molar-refractivity contribution >= 4 is 45.6 Å². The second kappa shape index (κ2) is 9.29. The highest BCUT2D eigenvalue weighted by molar-refractivity contribution is 7.13. The number of carbonyl (C=O) groups is 2. The molecule has 0 fully saturated rings. The molecule has 4 aromatic rings. The number of carbonyl (C=O) groups excluding carboxylic acids is 2. The van der Waals surface area contributed by atoms with Gasteiger partial charge < -0.3 is 9.47 Å². The molecule has 0 unspecified atom stereocenters. The van der Waals surface area contributed by atoms with Crippen LogP contribution in [0, 0.1) is 0 Å². The zero-order chi connectivity index (χ0) is 21.8. The molecule has 1 heterocycles. The van der Waals surface area contributed by atoms with E-state index in [-0.39, 0.29) is 19.0 Å². The summed E-state index contributed by atoms with van der Waals surface area (Å²) in [6, 6.07) is 18.5. The van der Waals surface area contributed by atoms with Gasteiger partial charge in [-0.3, -0.25) is 4.79 Å². The number of hydrogen-bond donors (Lipinski definition) is 0. The van der Waals surface area contributed by atoms with Gasteiger partial charge in [0.1, 0.15) is 11.6 Å². The number of fused-ring (bicyclic) bond motifs is 1. The summed E-state index contributed by atoms with van der Waals surface area (Å²) in [5, 5.41) is 5.11. The molecule has 31 heavy (non-hydrogen) atoms. The molecular formula is C24H18ClNO4S. The lowest BCUT2D eigenvalue weighted by Crippen LogP contribution is -2.08. The normalized spacial score (nSPS) is 10.8. The van der Waals surface area contributed by atoms with Gasteiger partial charge in [0.15, 0.2) is 0 Å². The fraction of sp³-hybridized carbons (Fsp3) is 0.125. The Morgan fingerprint density at radius 2 is 1.90 bits per heavy atom. The molecule has 0 atom stereocenters. The van der Waals surface area contributed by atoms with Gasteiger partial charge in [-0.15, -0.1) is 11.3 Å². The minimum atomic E-state index is -0.402. The third-order valence-electron chi connectivity index (χ3n) is 4.71. The molecule has 5 nitrogen and oxygen atoms in total. The predicted octanol–water partition coefficient (Wildman–Crippen LogP) is 5.69.